The lowest BCUT2D eigenvalue weighted by Crippen LogP contribution is -2.19. The number of ether oxygens (including phenoxy) is 1. The van der Waals surface area contributed by atoms with Crippen molar-refractivity contribution in [1.82, 2.24) is 0 Å². The summed E-state index contributed by atoms with van der Waals surface area (Å²) < 4.78 is 5.79. The van der Waals surface area contributed by atoms with Crippen molar-refractivity contribution >= 4 is 5.97 Å². The lowest BCUT2D eigenvalue weighted by Gasteiger charge is -2.19. The predicted octanol–water partition coefficient (Wildman–Crippen LogP) is 11.2. The quantitative estimate of drug-likeness (QED) is 0.0862. The predicted molar refractivity (Wildman–Crippen MR) is 151 cm³/mol. The van der Waals surface area contributed by atoms with Crippen LogP contribution < -0.4 is 0 Å². The molecule has 0 aliphatic heterocycles. The largest absolute Gasteiger partial charge is 0.465 e. The van der Waals surface area contributed by atoms with E-state index in [1.54, 1.807) is 0 Å². The normalized spacial score (nSPS) is 13.2. The second-order valence-electron chi connectivity index (χ2n) is 11.1. The van der Waals surface area contributed by atoms with E-state index in [1.807, 2.05) is 6.92 Å². The molecule has 0 radical (unpaired) electrons. The molecule has 2 atom stereocenters. The van der Waals surface area contributed by atoms with Gasteiger partial charge in [-0.3, -0.25) is 4.79 Å². The van der Waals surface area contributed by atoms with Gasteiger partial charge in [0, 0.05) is 0 Å². The van der Waals surface area contributed by atoms with Gasteiger partial charge in [-0.25, -0.2) is 0 Å². The van der Waals surface area contributed by atoms with Gasteiger partial charge in [-0.15, -0.1) is 0 Å². The Morgan fingerprint density at radius 3 is 1.24 bits per heavy atom. The average Bonchev–Trinajstić information content (AvgIpc) is 2.85. The van der Waals surface area contributed by atoms with Gasteiger partial charge in [-0.1, -0.05) is 163 Å². The van der Waals surface area contributed by atoms with Crippen molar-refractivity contribution in [3.8, 4) is 0 Å². The molecule has 0 rings (SSSR count). The van der Waals surface area contributed by atoms with E-state index in [0.29, 0.717) is 12.5 Å². The zero-order valence-corrected chi connectivity index (χ0v) is 24.1. The van der Waals surface area contributed by atoms with Crippen molar-refractivity contribution < 1.29 is 9.53 Å². The lowest BCUT2D eigenvalue weighted by atomic mass is 9.94. The molecule has 0 aliphatic rings. The van der Waals surface area contributed by atoms with Gasteiger partial charge in [0.25, 0.3) is 0 Å². The van der Waals surface area contributed by atoms with E-state index in [1.165, 1.54) is 135 Å². The lowest BCUT2D eigenvalue weighted by molar-refractivity contribution is -0.149. The van der Waals surface area contributed by atoms with E-state index in [4.69, 9.17) is 4.74 Å². The molecule has 0 aliphatic carbocycles. The number of unbranched alkanes of at least 4 members (excludes halogenated alkanes) is 18. The fraction of sp³-hybridized carbons (Fsp3) is 0.969. The molecule has 0 aromatic carbocycles. The molecule has 0 amide bonds. The summed E-state index contributed by atoms with van der Waals surface area (Å²) in [6.07, 6.45) is 32.0. The van der Waals surface area contributed by atoms with Crippen LogP contribution in [0.5, 0.6) is 0 Å². The number of hydrogen-bond acceptors (Lipinski definition) is 2. The van der Waals surface area contributed by atoms with E-state index >= 15 is 0 Å². The second-order valence-corrected chi connectivity index (χ2v) is 11.1. The maximum absolute atomic E-state index is 12.4. The van der Waals surface area contributed by atoms with Crippen molar-refractivity contribution in [3.63, 3.8) is 0 Å². The van der Waals surface area contributed by atoms with Gasteiger partial charge >= 0.3 is 5.97 Å². The summed E-state index contributed by atoms with van der Waals surface area (Å²) in [5.41, 5.74) is 0. The van der Waals surface area contributed by atoms with Crippen LogP contribution in [0.1, 0.15) is 182 Å². The number of carbonyl (C=O) groups excluding carboxylic acids is 1. The first-order valence-corrected chi connectivity index (χ1v) is 15.8. The van der Waals surface area contributed by atoms with Crippen LogP contribution >= 0.6 is 0 Å². The highest BCUT2D eigenvalue weighted by atomic mass is 16.5. The Morgan fingerprint density at radius 1 is 0.500 bits per heavy atom. The summed E-state index contributed by atoms with van der Waals surface area (Å²) in [7, 11) is 0. The highest BCUT2D eigenvalue weighted by molar-refractivity contribution is 5.71. The van der Waals surface area contributed by atoms with Crippen LogP contribution in [0.2, 0.25) is 0 Å². The molecule has 0 saturated heterocycles. The Bertz CT molecular complexity index is 406. The second kappa shape index (κ2) is 27.1. The zero-order chi connectivity index (χ0) is 25.1. The molecule has 34 heavy (non-hydrogen) atoms. The summed E-state index contributed by atoms with van der Waals surface area (Å²) in [5, 5.41) is 0. The van der Waals surface area contributed by atoms with E-state index < -0.39 is 0 Å². The molecular formula is C32H64O2. The molecular weight excluding hydrogens is 416 g/mol. The first kappa shape index (κ1) is 33.5. The molecule has 0 saturated carbocycles. The number of esters is 1. The fourth-order valence-electron chi connectivity index (χ4n) is 4.95. The Hall–Kier alpha value is -0.530. The molecule has 0 bridgehead atoms. The maximum Gasteiger partial charge on any atom is 0.308 e. The number of rotatable bonds is 27. The van der Waals surface area contributed by atoms with E-state index in [9.17, 15) is 4.79 Å². The topological polar surface area (TPSA) is 26.3 Å². The van der Waals surface area contributed by atoms with Crippen LogP contribution in [0.4, 0.5) is 0 Å². The van der Waals surface area contributed by atoms with Crippen LogP contribution in [0.15, 0.2) is 0 Å². The average molecular weight is 481 g/mol. The van der Waals surface area contributed by atoms with Gasteiger partial charge < -0.3 is 4.74 Å². The third kappa shape index (κ3) is 23.2. The monoisotopic (exact) mass is 480 g/mol. The van der Waals surface area contributed by atoms with Gasteiger partial charge in [0.05, 0.1) is 12.5 Å². The molecule has 0 spiro atoms. The van der Waals surface area contributed by atoms with Gasteiger partial charge in [-0.2, -0.15) is 0 Å². The minimum absolute atomic E-state index is 0.0349. The highest BCUT2D eigenvalue weighted by Crippen LogP contribution is 2.21. The van der Waals surface area contributed by atoms with Crippen molar-refractivity contribution in [1.29, 1.82) is 0 Å². The van der Waals surface area contributed by atoms with Crippen molar-refractivity contribution in [2.45, 2.75) is 182 Å². The number of hydrogen-bond donors (Lipinski definition) is 0. The van der Waals surface area contributed by atoms with E-state index in [-0.39, 0.29) is 11.9 Å². The smallest absolute Gasteiger partial charge is 0.308 e. The van der Waals surface area contributed by atoms with Gasteiger partial charge in [0.2, 0.25) is 0 Å². The van der Waals surface area contributed by atoms with Crippen LogP contribution in [-0.4, -0.2) is 12.6 Å². The van der Waals surface area contributed by atoms with E-state index in [0.717, 1.165) is 19.3 Å². The summed E-state index contributed by atoms with van der Waals surface area (Å²) in [4.78, 5) is 12.4. The summed E-state index contributed by atoms with van der Waals surface area (Å²) in [6, 6.07) is 0. The Morgan fingerprint density at radius 2 is 0.853 bits per heavy atom. The Kier molecular flexibility index (Phi) is 26.6. The first-order chi connectivity index (χ1) is 16.7. The summed E-state index contributed by atoms with van der Waals surface area (Å²) in [6.45, 7) is 9.45. The molecule has 0 N–H and O–H groups in total. The molecule has 2 nitrogen and oxygen atoms in total. The van der Waals surface area contributed by atoms with Gasteiger partial charge in [0.1, 0.15) is 0 Å². The Balaban J connectivity index is 4.01. The highest BCUT2D eigenvalue weighted by Gasteiger charge is 2.17. The van der Waals surface area contributed by atoms with Crippen molar-refractivity contribution in [3.05, 3.63) is 0 Å². The fourth-order valence-corrected chi connectivity index (χ4v) is 4.95. The van der Waals surface area contributed by atoms with Crippen LogP contribution in [-0.2, 0) is 9.53 Å². The summed E-state index contributed by atoms with van der Waals surface area (Å²) in [5.74, 6) is 0.666. The van der Waals surface area contributed by atoms with Crippen molar-refractivity contribution in [2.75, 3.05) is 6.61 Å². The van der Waals surface area contributed by atoms with Gasteiger partial charge in [-0.05, 0) is 25.2 Å². The summed E-state index contributed by atoms with van der Waals surface area (Å²) >= 11 is 0. The molecule has 0 fully saturated rings. The first-order valence-electron chi connectivity index (χ1n) is 15.8. The zero-order valence-electron chi connectivity index (χ0n) is 24.1. The van der Waals surface area contributed by atoms with E-state index in [2.05, 4.69) is 20.8 Å². The number of carbonyl (C=O) groups is 1. The third-order valence-corrected chi connectivity index (χ3v) is 7.54. The molecule has 2 unspecified atom stereocenters. The molecule has 2 heteroatoms. The maximum atomic E-state index is 12.4. The minimum Gasteiger partial charge on any atom is -0.465 e. The minimum atomic E-state index is 0.0349. The van der Waals surface area contributed by atoms with Crippen LogP contribution in [0, 0.1) is 11.8 Å². The van der Waals surface area contributed by atoms with Crippen molar-refractivity contribution in [2.24, 2.45) is 11.8 Å². The standard InChI is InChI=1S/C32H64O2/c1-5-8-11-13-15-16-17-18-19-21-23-25-28-31(27-24-22-20-14-12-9-6-2)29-34-32(33)30(4)26-10-7-3/h30-31H,5-29H2,1-4H3. The molecule has 204 valence electrons. The van der Waals surface area contributed by atoms with Crippen LogP contribution in [0.25, 0.3) is 0 Å². The molecule has 0 aromatic rings. The molecule has 0 heterocycles. The van der Waals surface area contributed by atoms with Crippen LogP contribution in [0.3, 0.4) is 0 Å². The Labute approximate surface area is 215 Å². The van der Waals surface area contributed by atoms with Gasteiger partial charge in [0.15, 0.2) is 0 Å². The third-order valence-electron chi connectivity index (χ3n) is 7.54. The SMILES string of the molecule is CCCCCCCCCCCCCCC(CCCCCCCCC)COC(=O)C(C)CCCC. The molecule has 0 aromatic heterocycles.